The van der Waals surface area contributed by atoms with E-state index in [1.807, 2.05) is 0 Å². The van der Waals surface area contributed by atoms with Crippen LogP contribution in [0.15, 0.2) is 18.2 Å². The van der Waals surface area contributed by atoms with E-state index in [1.54, 1.807) is 26.0 Å². The number of hydrogen-bond acceptors (Lipinski definition) is 7. The number of ether oxygens (including phenoxy) is 3. The minimum absolute atomic E-state index is 0.124. The van der Waals surface area contributed by atoms with Crippen molar-refractivity contribution in [3.8, 4) is 11.4 Å². The van der Waals surface area contributed by atoms with Crippen LogP contribution in [0.3, 0.4) is 0 Å². The van der Waals surface area contributed by atoms with Crippen molar-refractivity contribution in [2.45, 2.75) is 13.8 Å². The molecule has 0 atom stereocenters. The number of carbonyl (C=O) groups excluding carboxylic acids is 2. The average molecular weight is 354 g/mol. The molecule has 24 heavy (non-hydrogen) atoms. The monoisotopic (exact) mass is 353 g/mol. The SMILES string of the molecule is CCOC(=O)c1nnn(-c2cc(Cl)ccc2OC)c1C(=O)OCC. The highest BCUT2D eigenvalue weighted by Gasteiger charge is 2.29. The lowest BCUT2D eigenvalue weighted by molar-refractivity contribution is 0.0469. The Kier molecular flexibility index (Phi) is 5.75. The summed E-state index contributed by atoms with van der Waals surface area (Å²) in [5, 5.41) is 8.02. The molecule has 9 heteroatoms. The first-order chi connectivity index (χ1) is 11.5. The van der Waals surface area contributed by atoms with E-state index in [1.165, 1.54) is 13.2 Å². The van der Waals surface area contributed by atoms with Gasteiger partial charge in [0.2, 0.25) is 5.69 Å². The van der Waals surface area contributed by atoms with Gasteiger partial charge in [-0.3, -0.25) is 0 Å². The van der Waals surface area contributed by atoms with Gasteiger partial charge in [-0.1, -0.05) is 16.8 Å². The van der Waals surface area contributed by atoms with Gasteiger partial charge in [-0.25, -0.2) is 14.3 Å². The Morgan fingerprint density at radius 1 is 1.17 bits per heavy atom. The number of halogens is 1. The van der Waals surface area contributed by atoms with Gasteiger partial charge in [0.15, 0.2) is 5.69 Å². The van der Waals surface area contributed by atoms with Crippen molar-refractivity contribution in [3.63, 3.8) is 0 Å². The summed E-state index contributed by atoms with van der Waals surface area (Å²) in [6, 6.07) is 4.77. The van der Waals surface area contributed by atoms with Crippen LogP contribution in [-0.4, -0.2) is 47.3 Å². The minimum atomic E-state index is -0.771. The van der Waals surface area contributed by atoms with Gasteiger partial charge in [-0.05, 0) is 32.0 Å². The molecule has 0 aliphatic rings. The van der Waals surface area contributed by atoms with Crippen LogP contribution in [0.2, 0.25) is 5.02 Å². The fourth-order valence-electron chi connectivity index (χ4n) is 2.00. The maximum Gasteiger partial charge on any atom is 0.361 e. The molecule has 0 bridgehead atoms. The zero-order valence-corrected chi connectivity index (χ0v) is 14.2. The van der Waals surface area contributed by atoms with Crippen LogP contribution in [0.5, 0.6) is 5.75 Å². The summed E-state index contributed by atoms with van der Waals surface area (Å²) < 4.78 is 16.3. The second-order valence-electron chi connectivity index (χ2n) is 4.46. The number of benzene rings is 1. The molecule has 0 aliphatic heterocycles. The van der Waals surface area contributed by atoms with Gasteiger partial charge in [0.25, 0.3) is 0 Å². The molecule has 0 aliphatic carbocycles. The predicted octanol–water partition coefficient (Wildman–Crippen LogP) is 2.28. The maximum atomic E-state index is 12.3. The molecule has 0 spiro atoms. The molecule has 1 aromatic heterocycles. The topological polar surface area (TPSA) is 92.5 Å². The van der Waals surface area contributed by atoms with E-state index in [4.69, 9.17) is 25.8 Å². The molecule has 128 valence electrons. The first-order valence-corrected chi connectivity index (χ1v) is 7.55. The Morgan fingerprint density at radius 3 is 2.46 bits per heavy atom. The maximum absolute atomic E-state index is 12.3. The van der Waals surface area contributed by atoms with E-state index in [2.05, 4.69) is 10.3 Å². The smallest absolute Gasteiger partial charge is 0.361 e. The van der Waals surface area contributed by atoms with E-state index in [-0.39, 0.29) is 24.6 Å². The zero-order valence-electron chi connectivity index (χ0n) is 13.4. The number of aromatic nitrogens is 3. The zero-order chi connectivity index (χ0) is 17.7. The molecular weight excluding hydrogens is 338 g/mol. The molecule has 0 radical (unpaired) electrons. The summed E-state index contributed by atoms with van der Waals surface area (Å²) in [4.78, 5) is 24.3. The van der Waals surface area contributed by atoms with Crippen LogP contribution >= 0.6 is 11.6 Å². The Hall–Kier alpha value is -2.61. The largest absolute Gasteiger partial charge is 0.494 e. The highest BCUT2D eigenvalue weighted by molar-refractivity contribution is 6.30. The van der Waals surface area contributed by atoms with E-state index in [0.717, 1.165) is 4.68 Å². The molecule has 1 heterocycles. The first kappa shape index (κ1) is 17.7. The normalized spacial score (nSPS) is 10.3. The van der Waals surface area contributed by atoms with E-state index < -0.39 is 11.9 Å². The molecule has 0 saturated carbocycles. The fraction of sp³-hybridized carbons (Fsp3) is 0.333. The second-order valence-corrected chi connectivity index (χ2v) is 4.89. The lowest BCUT2D eigenvalue weighted by atomic mass is 10.2. The van der Waals surface area contributed by atoms with Crippen molar-refractivity contribution < 1.29 is 23.8 Å². The summed E-state index contributed by atoms with van der Waals surface area (Å²) in [7, 11) is 1.46. The quantitative estimate of drug-likeness (QED) is 0.735. The summed E-state index contributed by atoms with van der Waals surface area (Å²) in [5.41, 5.74) is -0.0516. The summed E-state index contributed by atoms with van der Waals surface area (Å²) >= 11 is 6.01. The molecular formula is C15H16ClN3O5. The number of esters is 2. The molecule has 2 aromatic rings. The third-order valence-corrected chi connectivity index (χ3v) is 3.21. The molecule has 2 rings (SSSR count). The molecule has 0 amide bonds. The van der Waals surface area contributed by atoms with Crippen molar-refractivity contribution in [2.75, 3.05) is 20.3 Å². The van der Waals surface area contributed by atoms with E-state index in [9.17, 15) is 9.59 Å². The number of rotatable bonds is 6. The Labute approximate surface area is 143 Å². The van der Waals surface area contributed by atoms with E-state index in [0.29, 0.717) is 16.5 Å². The van der Waals surface area contributed by atoms with Crippen molar-refractivity contribution in [1.29, 1.82) is 0 Å². The van der Waals surface area contributed by atoms with Gasteiger partial charge < -0.3 is 14.2 Å². The molecule has 0 saturated heterocycles. The number of methoxy groups -OCH3 is 1. The molecule has 0 N–H and O–H groups in total. The minimum Gasteiger partial charge on any atom is -0.494 e. The molecule has 0 fully saturated rings. The number of carbonyl (C=O) groups is 2. The summed E-state index contributed by atoms with van der Waals surface area (Å²) in [6.45, 7) is 3.55. The van der Waals surface area contributed by atoms with Crippen molar-refractivity contribution in [1.82, 2.24) is 15.0 Å². The van der Waals surface area contributed by atoms with Crippen LogP contribution in [0, 0.1) is 0 Å². The predicted molar refractivity (Wildman–Crippen MR) is 84.8 cm³/mol. The van der Waals surface area contributed by atoms with Crippen LogP contribution < -0.4 is 4.74 Å². The van der Waals surface area contributed by atoms with Gasteiger partial charge in [-0.15, -0.1) is 5.10 Å². The third kappa shape index (κ3) is 3.48. The summed E-state index contributed by atoms with van der Waals surface area (Å²) in [5.74, 6) is -1.13. The first-order valence-electron chi connectivity index (χ1n) is 7.17. The molecule has 8 nitrogen and oxygen atoms in total. The van der Waals surface area contributed by atoms with E-state index >= 15 is 0 Å². The lowest BCUT2D eigenvalue weighted by Crippen LogP contribution is -2.17. The van der Waals surface area contributed by atoms with Gasteiger partial charge in [0.1, 0.15) is 11.4 Å². The average Bonchev–Trinajstić information content (AvgIpc) is 3.00. The lowest BCUT2D eigenvalue weighted by Gasteiger charge is -2.11. The fourth-order valence-corrected chi connectivity index (χ4v) is 2.17. The van der Waals surface area contributed by atoms with Gasteiger partial charge in [-0.2, -0.15) is 0 Å². The van der Waals surface area contributed by atoms with Crippen LogP contribution in [0.25, 0.3) is 5.69 Å². The van der Waals surface area contributed by atoms with Gasteiger partial charge in [0.05, 0.1) is 20.3 Å². The third-order valence-electron chi connectivity index (χ3n) is 2.98. The molecule has 0 unspecified atom stereocenters. The van der Waals surface area contributed by atoms with Gasteiger partial charge in [0, 0.05) is 5.02 Å². The summed E-state index contributed by atoms with van der Waals surface area (Å²) in [6.07, 6.45) is 0. The number of nitrogens with zero attached hydrogens (tertiary/aromatic N) is 3. The van der Waals surface area contributed by atoms with Crippen molar-refractivity contribution >= 4 is 23.5 Å². The van der Waals surface area contributed by atoms with Crippen LogP contribution in [0.1, 0.15) is 34.8 Å². The highest BCUT2D eigenvalue weighted by Crippen LogP contribution is 2.27. The Morgan fingerprint density at radius 2 is 1.83 bits per heavy atom. The molecule has 1 aromatic carbocycles. The van der Waals surface area contributed by atoms with Gasteiger partial charge >= 0.3 is 11.9 Å². The standard InChI is InChI=1S/C15H16ClN3O5/c1-4-23-14(20)12-13(15(21)24-5-2)19(18-17-12)10-8-9(16)6-7-11(10)22-3/h6-8H,4-5H2,1-3H3. The van der Waals surface area contributed by atoms with Crippen molar-refractivity contribution in [3.05, 3.63) is 34.6 Å². The Bertz CT molecular complexity index is 760. The Balaban J connectivity index is 2.64. The van der Waals surface area contributed by atoms with Crippen LogP contribution in [0.4, 0.5) is 0 Å². The van der Waals surface area contributed by atoms with Crippen molar-refractivity contribution in [2.24, 2.45) is 0 Å². The van der Waals surface area contributed by atoms with Crippen LogP contribution in [-0.2, 0) is 9.47 Å². The number of hydrogen-bond donors (Lipinski definition) is 0. The second kappa shape index (κ2) is 7.78. The highest BCUT2D eigenvalue weighted by atomic mass is 35.5.